The number of amides is 2. The average molecular weight is 326 g/mol. The normalized spacial score (nSPS) is 11.4. The minimum atomic E-state index is -0.464. The first-order valence-electron chi connectivity index (χ1n) is 7.69. The number of carbonyl (C=O) groups excluding carboxylic acids is 1. The fourth-order valence-corrected chi connectivity index (χ4v) is 2.12. The molecule has 0 aliphatic heterocycles. The smallest absolute Gasteiger partial charge is 0.319 e. The van der Waals surface area contributed by atoms with Crippen LogP contribution in [-0.4, -0.2) is 24.4 Å². The number of benzene rings is 2. The van der Waals surface area contributed by atoms with Crippen LogP contribution in [0.1, 0.15) is 18.5 Å². The molecule has 2 amide bonds. The highest BCUT2D eigenvalue weighted by Crippen LogP contribution is 2.18. The summed E-state index contributed by atoms with van der Waals surface area (Å²) in [7, 11) is 0. The summed E-state index contributed by atoms with van der Waals surface area (Å²) >= 11 is 0. The van der Waals surface area contributed by atoms with Crippen molar-refractivity contribution >= 4 is 11.7 Å². The van der Waals surface area contributed by atoms with Gasteiger partial charge in [0.1, 0.15) is 12.4 Å². The van der Waals surface area contributed by atoms with Gasteiger partial charge in [-0.05, 0) is 30.2 Å². The third-order valence-corrected chi connectivity index (χ3v) is 3.27. The molecule has 0 radical (unpaired) electrons. The molecule has 5 nitrogen and oxygen atoms in total. The standard InChI is InChI=1S/C19H22N2O3/c1-14(2)13-24-17-10-6-9-16(11-17)20-19(23)21-18(12-22)15-7-4-3-5-8-15/h3-11,18,22H,1,12-13H2,2H3,(H2,20,21,23)/t18-/m1/s1. The largest absolute Gasteiger partial charge is 0.489 e. The van der Waals surface area contributed by atoms with Gasteiger partial charge in [-0.25, -0.2) is 4.79 Å². The fraction of sp³-hybridized carbons (Fsp3) is 0.211. The second-order valence-corrected chi connectivity index (χ2v) is 5.52. The van der Waals surface area contributed by atoms with Crippen molar-refractivity contribution in [2.24, 2.45) is 0 Å². The Bertz CT molecular complexity index is 686. The number of aliphatic hydroxyl groups is 1. The molecule has 0 aliphatic rings. The van der Waals surface area contributed by atoms with Crippen molar-refractivity contribution in [3.8, 4) is 5.75 Å². The zero-order chi connectivity index (χ0) is 17.4. The summed E-state index contributed by atoms with van der Waals surface area (Å²) in [5.74, 6) is 0.651. The van der Waals surface area contributed by atoms with Crippen LogP contribution in [0.25, 0.3) is 0 Å². The summed E-state index contributed by atoms with van der Waals surface area (Å²) in [6, 6.07) is 15.6. The summed E-state index contributed by atoms with van der Waals surface area (Å²) in [6.45, 7) is 5.91. The molecule has 0 unspecified atom stereocenters. The van der Waals surface area contributed by atoms with E-state index in [0.717, 1.165) is 11.1 Å². The highest BCUT2D eigenvalue weighted by molar-refractivity contribution is 5.89. The summed E-state index contributed by atoms with van der Waals surface area (Å²) in [4.78, 5) is 12.1. The molecule has 0 heterocycles. The average Bonchev–Trinajstić information content (AvgIpc) is 2.59. The van der Waals surface area contributed by atoms with Crippen LogP contribution in [0.15, 0.2) is 66.7 Å². The Labute approximate surface area is 142 Å². The van der Waals surface area contributed by atoms with Gasteiger partial charge >= 0.3 is 6.03 Å². The molecule has 3 N–H and O–H groups in total. The third kappa shape index (κ3) is 5.44. The van der Waals surface area contributed by atoms with Crippen molar-refractivity contribution < 1.29 is 14.6 Å². The second-order valence-electron chi connectivity index (χ2n) is 5.52. The number of hydrogen-bond donors (Lipinski definition) is 3. The van der Waals surface area contributed by atoms with E-state index in [2.05, 4.69) is 17.2 Å². The van der Waals surface area contributed by atoms with E-state index in [4.69, 9.17) is 4.74 Å². The number of rotatable bonds is 7. The van der Waals surface area contributed by atoms with Crippen LogP contribution in [0.4, 0.5) is 10.5 Å². The summed E-state index contributed by atoms with van der Waals surface area (Å²) in [5.41, 5.74) is 2.37. The third-order valence-electron chi connectivity index (χ3n) is 3.27. The Hall–Kier alpha value is -2.79. The van der Waals surface area contributed by atoms with Crippen LogP contribution in [0.2, 0.25) is 0 Å². The van der Waals surface area contributed by atoms with Crippen molar-refractivity contribution in [2.45, 2.75) is 13.0 Å². The number of hydrogen-bond acceptors (Lipinski definition) is 3. The molecule has 5 heteroatoms. The summed E-state index contributed by atoms with van der Waals surface area (Å²) in [6.07, 6.45) is 0. The Morgan fingerprint density at radius 3 is 2.62 bits per heavy atom. The first-order chi connectivity index (χ1) is 11.6. The van der Waals surface area contributed by atoms with Crippen LogP contribution >= 0.6 is 0 Å². The van der Waals surface area contributed by atoms with Gasteiger partial charge in [0.15, 0.2) is 0 Å². The van der Waals surface area contributed by atoms with Gasteiger partial charge in [0.25, 0.3) is 0 Å². The van der Waals surface area contributed by atoms with Gasteiger partial charge < -0.3 is 20.5 Å². The van der Waals surface area contributed by atoms with E-state index < -0.39 is 12.1 Å². The minimum absolute atomic E-state index is 0.181. The molecule has 0 aromatic heterocycles. The number of carbonyl (C=O) groups is 1. The van der Waals surface area contributed by atoms with Crippen molar-refractivity contribution in [2.75, 3.05) is 18.5 Å². The Morgan fingerprint density at radius 1 is 1.21 bits per heavy atom. The van der Waals surface area contributed by atoms with Crippen molar-refractivity contribution in [1.29, 1.82) is 0 Å². The fourth-order valence-electron chi connectivity index (χ4n) is 2.12. The number of aliphatic hydroxyl groups excluding tert-OH is 1. The Balaban J connectivity index is 1.96. The van der Waals surface area contributed by atoms with E-state index in [9.17, 15) is 9.90 Å². The number of ether oxygens (including phenoxy) is 1. The molecule has 0 spiro atoms. The van der Waals surface area contributed by atoms with E-state index in [1.165, 1.54) is 0 Å². The lowest BCUT2D eigenvalue weighted by Gasteiger charge is -2.17. The molecule has 1 atom stereocenters. The number of nitrogens with one attached hydrogen (secondary N) is 2. The summed E-state index contributed by atoms with van der Waals surface area (Å²) in [5, 5.41) is 15.0. The van der Waals surface area contributed by atoms with Gasteiger partial charge in [-0.3, -0.25) is 0 Å². The molecule has 24 heavy (non-hydrogen) atoms. The van der Waals surface area contributed by atoms with Crippen LogP contribution in [-0.2, 0) is 0 Å². The second kappa shape index (κ2) is 8.74. The maximum Gasteiger partial charge on any atom is 0.319 e. The lowest BCUT2D eigenvalue weighted by Crippen LogP contribution is -2.34. The van der Waals surface area contributed by atoms with Gasteiger partial charge in [0.2, 0.25) is 0 Å². The molecule has 0 saturated heterocycles. The van der Waals surface area contributed by atoms with Crippen molar-refractivity contribution in [3.05, 3.63) is 72.3 Å². The predicted molar refractivity (Wildman–Crippen MR) is 95.2 cm³/mol. The lowest BCUT2D eigenvalue weighted by molar-refractivity contribution is 0.225. The quantitative estimate of drug-likeness (QED) is 0.682. The molecule has 0 aliphatic carbocycles. The molecule has 2 rings (SSSR count). The zero-order valence-corrected chi connectivity index (χ0v) is 13.7. The van der Waals surface area contributed by atoms with Gasteiger partial charge in [0.05, 0.1) is 12.6 Å². The maximum absolute atomic E-state index is 12.1. The van der Waals surface area contributed by atoms with Gasteiger partial charge in [-0.2, -0.15) is 0 Å². The van der Waals surface area contributed by atoms with E-state index in [1.807, 2.05) is 43.3 Å². The number of anilines is 1. The predicted octanol–water partition coefficient (Wildman–Crippen LogP) is 3.50. The van der Waals surface area contributed by atoms with E-state index in [0.29, 0.717) is 18.0 Å². The SMILES string of the molecule is C=C(C)COc1cccc(NC(=O)N[C@H](CO)c2ccccc2)c1. The van der Waals surface area contributed by atoms with Crippen molar-refractivity contribution in [1.82, 2.24) is 5.32 Å². The maximum atomic E-state index is 12.1. The van der Waals surface area contributed by atoms with Crippen LogP contribution in [0.3, 0.4) is 0 Å². The van der Waals surface area contributed by atoms with Crippen LogP contribution < -0.4 is 15.4 Å². The highest BCUT2D eigenvalue weighted by atomic mass is 16.5. The molecule has 0 bridgehead atoms. The van der Waals surface area contributed by atoms with Crippen LogP contribution in [0, 0.1) is 0 Å². The van der Waals surface area contributed by atoms with Crippen LogP contribution in [0.5, 0.6) is 5.75 Å². The Morgan fingerprint density at radius 2 is 1.96 bits per heavy atom. The number of urea groups is 1. The molecular formula is C19H22N2O3. The molecular weight excluding hydrogens is 304 g/mol. The van der Waals surface area contributed by atoms with Gasteiger partial charge in [-0.1, -0.05) is 43.0 Å². The van der Waals surface area contributed by atoms with E-state index in [-0.39, 0.29) is 6.61 Å². The topological polar surface area (TPSA) is 70.6 Å². The molecule has 2 aromatic rings. The van der Waals surface area contributed by atoms with Gasteiger partial charge in [0, 0.05) is 11.8 Å². The first-order valence-corrected chi connectivity index (χ1v) is 7.69. The monoisotopic (exact) mass is 326 g/mol. The molecule has 0 fully saturated rings. The highest BCUT2D eigenvalue weighted by Gasteiger charge is 2.13. The molecule has 2 aromatic carbocycles. The van der Waals surface area contributed by atoms with Gasteiger partial charge in [-0.15, -0.1) is 0 Å². The van der Waals surface area contributed by atoms with E-state index in [1.54, 1.807) is 18.2 Å². The molecule has 126 valence electrons. The first kappa shape index (κ1) is 17.6. The van der Waals surface area contributed by atoms with E-state index >= 15 is 0 Å². The molecule has 0 saturated carbocycles. The van der Waals surface area contributed by atoms with Crippen molar-refractivity contribution in [3.63, 3.8) is 0 Å². The zero-order valence-electron chi connectivity index (χ0n) is 13.7. The lowest BCUT2D eigenvalue weighted by atomic mass is 10.1. The summed E-state index contributed by atoms with van der Waals surface area (Å²) < 4.78 is 5.55. The minimum Gasteiger partial charge on any atom is -0.489 e. The Kier molecular flexibility index (Phi) is 6.40.